The van der Waals surface area contributed by atoms with Crippen LogP contribution >= 0.6 is 39.3 Å². The molecule has 20 atom stereocenters. The zero-order valence-corrected chi connectivity index (χ0v) is 64.3. The molecule has 4 aliphatic heterocycles. The number of phosphoric ester groups is 3. The standard InChI is InChI=1S/C57H84F2N15O32P5/c1-30(2)93-20-18-91-16-14-89-12-10-88-11-13-90-15-17-92-19-21-94-107(79)103-45-32(5)52(74-29-66-44-50(74)69-55(62)70-51(44)76)100-35(45)25-98-111(86,87)106-47-37(102-53(42(47)59)71-8-6-38(60)67-56(71)77)26-97-109(82,83)104-33-22-40(73-28-65-43-48(61)63-27-64-49(43)73)99-34(33)23-96-110(84,85)105-46-36(24-95-108(80,81)31(3)4)101-54(41(46)58)72-9-7-39(75)68-57(72)78/h6-9,27-37,40-42,45-47,52-54H,10-26H2,1-5H3,(H11-,60,61,62,63,64,67,68,69,70,75,76,77,78,80,81,82,83,84,85,86,87)/p+1. The van der Waals surface area contributed by atoms with Crippen molar-refractivity contribution in [3.05, 3.63) is 85.2 Å². The molecule has 0 bridgehead atoms. The molecule has 0 saturated carbocycles. The third-order valence-corrected chi connectivity index (χ3v) is 22.5. The van der Waals surface area contributed by atoms with Crippen LogP contribution in [-0.4, -0.2) is 256 Å². The Morgan fingerprint density at radius 1 is 0.586 bits per heavy atom. The van der Waals surface area contributed by atoms with Crippen molar-refractivity contribution < 1.29 is 139 Å². The lowest BCUT2D eigenvalue weighted by molar-refractivity contribution is -0.0628. The van der Waals surface area contributed by atoms with E-state index in [1.54, 1.807) is 0 Å². The van der Waals surface area contributed by atoms with E-state index in [1.165, 1.54) is 42.6 Å². The molecule has 111 heavy (non-hydrogen) atoms. The summed E-state index contributed by atoms with van der Waals surface area (Å²) < 4.78 is 211. The molecule has 0 aliphatic carbocycles. The largest absolute Gasteiger partial charge is 0.697 e. The normalized spacial score (nSPS) is 27.3. The summed E-state index contributed by atoms with van der Waals surface area (Å²) in [5.41, 5.74) is 12.3. The third-order valence-electron chi connectivity index (χ3n) is 16.9. The average Bonchev–Trinajstić information content (AvgIpc) is 1.63. The molecule has 54 heteroatoms. The zero-order chi connectivity index (χ0) is 80.1. The van der Waals surface area contributed by atoms with Crippen molar-refractivity contribution in [3.8, 4) is 0 Å². The topological polar surface area (TPSA) is 617 Å². The van der Waals surface area contributed by atoms with Crippen molar-refractivity contribution in [1.29, 1.82) is 0 Å². The number of nitrogens with zero attached hydrogens (tertiary/aromatic N) is 10. The van der Waals surface area contributed by atoms with E-state index in [9.17, 15) is 61.6 Å². The van der Waals surface area contributed by atoms with Crippen LogP contribution in [0.5, 0.6) is 0 Å². The van der Waals surface area contributed by atoms with E-state index in [2.05, 4.69) is 34.9 Å². The van der Waals surface area contributed by atoms with Gasteiger partial charge < -0.3 is 88.7 Å². The minimum atomic E-state index is -5.72. The first-order chi connectivity index (χ1) is 52.7. The van der Waals surface area contributed by atoms with Gasteiger partial charge in [-0.05, 0) is 19.9 Å². The van der Waals surface area contributed by atoms with Gasteiger partial charge in [-0.1, -0.05) is 20.8 Å². The van der Waals surface area contributed by atoms with Crippen LogP contribution in [-0.2, 0) is 111 Å². The van der Waals surface area contributed by atoms with Crippen LogP contribution in [0, 0.1) is 5.92 Å². The van der Waals surface area contributed by atoms with Gasteiger partial charge in [0.1, 0.15) is 79.5 Å². The number of nitrogens with two attached hydrogens (primary N) is 3. The quantitative estimate of drug-likeness (QED) is 0.0193. The number of anilines is 3. The minimum absolute atomic E-state index is 0.0305. The lowest BCUT2D eigenvalue weighted by atomic mass is 10.0. The molecule has 47 nitrogen and oxygen atoms in total. The molecule has 4 aliphatic rings. The number of fused-ring (bicyclic) bond motifs is 2. The maximum absolute atomic E-state index is 17.1. The second-order valence-electron chi connectivity index (χ2n) is 25.4. The fourth-order valence-electron chi connectivity index (χ4n) is 11.5. The molecule has 0 amide bonds. The van der Waals surface area contributed by atoms with Gasteiger partial charge in [-0.3, -0.25) is 69.5 Å². The smallest absolute Gasteiger partial charge is 0.383 e. The van der Waals surface area contributed by atoms with Gasteiger partial charge in [-0.25, -0.2) is 52.0 Å². The molecule has 6 aromatic rings. The molecule has 10 rings (SSSR count). The predicted octanol–water partition coefficient (Wildman–Crippen LogP) is 1.49. The van der Waals surface area contributed by atoms with Crippen molar-refractivity contribution in [2.24, 2.45) is 5.92 Å². The molecule has 4 saturated heterocycles. The highest BCUT2D eigenvalue weighted by Gasteiger charge is 2.56. The van der Waals surface area contributed by atoms with E-state index in [0.717, 1.165) is 30.9 Å². The van der Waals surface area contributed by atoms with Gasteiger partial charge >= 0.3 is 50.7 Å². The number of H-pyrrole nitrogens is 2. The summed E-state index contributed by atoms with van der Waals surface area (Å²) >= 11 is 0. The summed E-state index contributed by atoms with van der Waals surface area (Å²) in [4.78, 5) is 124. The number of halogens is 2. The fourth-order valence-corrected chi connectivity index (χ4v) is 15.8. The van der Waals surface area contributed by atoms with E-state index < -0.39 is 192 Å². The first-order valence-corrected chi connectivity index (χ1v) is 41.3. The molecular weight excluding hydrogens is 1600 g/mol. The summed E-state index contributed by atoms with van der Waals surface area (Å²) in [7, 11) is -24.6. The zero-order valence-electron chi connectivity index (χ0n) is 59.8. The first-order valence-electron chi connectivity index (χ1n) is 34.1. The predicted molar refractivity (Wildman–Crippen MR) is 372 cm³/mol. The fraction of sp³-hybridized carbons (Fsp3) is 0.684. The van der Waals surface area contributed by atoms with E-state index >= 15 is 8.78 Å². The van der Waals surface area contributed by atoms with E-state index in [0.29, 0.717) is 48.8 Å². The van der Waals surface area contributed by atoms with Gasteiger partial charge in [0.2, 0.25) is 5.95 Å². The molecule has 618 valence electrons. The number of hydrogen-bond acceptors (Lipinski definition) is 37. The second kappa shape index (κ2) is 39.0. The number of imidazole rings is 2. The molecule has 0 spiro atoms. The van der Waals surface area contributed by atoms with Gasteiger partial charge in [0.25, 0.3) is 11.1 Å². The second-order valence-corrected chi connectivity index (χ2v) is 32.9. The summed E-state index contributed by atoms with van der Waals surface area (Å²) in [5, 5.41) is 0. The Balaban J connectivity index is 0.792. The molecule has 20 unspecified atom stereocenters. The Morgan fingerprint density at radius 2 is 1.10 bits per heavy atom. The highest BCUT2D eigenvalue weighted by molar-refractivity contribution is 7.53. The number of rotatable bonds is 45. The van der Waals surface area contributed by atoms with Gasteiger partial charge in [-0.2, -0.15) is 9.97 Å². The molecule has 6 aromatic heterocycles. The van der Waals surface area contributed by atoms with Crippen LogP contribution in [0.2, 0.25) is 0 Å². The highest BCUT2D eigenvalue weighted by atomic mass is 31.2. The Kier molecular flexibility index (Phi) is 30.6. The molecule has 0 radical (unpaired) electrons. The monoisotopic (exact) mass is 1680 g/mol. The van der Waals surface area contributed by atoms with Gasteiger partial charge in [0.15, 0.2) is 53.5 Å². The summed E-state index contributed by atoms with van der Waals surface area (Å²) in [5.74, 6) is -1.67. The summed E-state index contributed by atoms with van der Waals surface area (Å²) in [6, 6.07) is 1.89. The van der Waals surface area contributed by atoms with Crippen LogP contribution in [0.3, 0.4) is 0 Å². The third kappa shape index (κ3) is 23.3. The molecular formula is C57H85F2N15O32P5+. The molecule has 12 N–H and O–H groups in total. The van der Waals surface area contributed by atoms with Crippen LogP contribution in [0.25, 0.3) is 22.3 Å². The van der Waals surface area contributed by atoms with E-state index in [4.69, 9.17) is 105 Å². The lowest BCUT2D eigenvalue weighted by Gasteiger charge is -2.26. The number of ether oxygens (including phenoxy) is 10. The number of aromatic nitrogens is 12. The maximum atomic E-state index is 17.1. The Morgan fingerprint density at radius 3 is 1.68 bits per heavy atom. The van der Waals surface area contributed by atoms with Gasteiger partial charge in [0, 0.05) is 35.4 Å². The number of nitrogen functional groups attached to an aromatic ring is 3. The van der Waals surface area contributed by atoms with Crippen molar-refractivity contribution in [2.45, 2.75) is 139 Å². The van der Waals surface area contributed by atoms with Crippen LogP contribution in [0.4, 0.5) is 26.4 Å². The number of nitrogens with one attached hydrogen (secondary N) is 2. The van der Waals surface area contributed by atoms with Gasteiger partial charge in [-0.15, -0.1) is 9.05 Å². The molecule has 0 aromatic carbocycles. The summed E-state index contributed by atoms with van der Waals surface area (Å²) in [6.07, 6.45) is -22.2. The van der Waals surface area contributed by atoms with Crippen LogP contribution < -0.4 is 39.7 Å². The van der Waals surface area contributed by atoms with E-state index in [-0.39, 0.29) is 85.7 Å². The average molecular weight is 1690 g/mol. The summed E-state index contributed by atoms with van der Waals surface area (Å²) in [6.45, 7) is 6.54. The SMILES string of the molecule is CC(C)OCCOCCOCCOCCOCCOCCO[P+](=O)OC1C(COP(=O)(O)OC2C(COP(=O)(O)OC3CC(n4cnc5c(N)ncnc54)OC3COP(=O)(O)OC3C(COP(=O)(O)C(C)C)OC(n4ccc(=O)[nH]c4=O)C3F)OC(n3ccc(N)nc3=O)C2F)OC(n2cnc3c(=O)[nH]c(N)nc32)C1C. The Bertz CT molecular complexity index is 4570. The number of hydrogen-bond donors (Lipinski definition) is 9. The van der Waals surface area contributed by atoms with Crippen molar-refractivity contribution in [3.63, 3.8) is 0 Å². The minimum Gasteiger partial charge on any atom is -0.383 e. The first kappa shape index (κ1) is 87.2. The highest BCUT2D eigenvalue weighted by Crippen LogP contribution is 2.56. The lowest BCUT2D eigenvalue weighted by Crippen LogP contribution is -2.37. The molecule has 10 heterocycles. The van der Waals surface area contributed by atoms with Crippen LogP contribution in [0.15, 0.2) is 62.7 Å². The maximum Gasteiger partial charge on any atom is 0.697 e. The Labute approximate surface area is 627 Å². The van der Waals surface area contributed by atoms with Gasteiger partial charge in [0.05, 0.1) is 124 Å². The van der Waals surface area contributed by atoms with Crippen molar-refractivity contribution in [1.82, 2.24) is 58.1 Å². The van der Waals surface area contributed by atoms with Crippen molar-refractivity contribution in [2.75, 3.05) is 123 Å². The number of phosphoric acid groups is 3. The van der Waals surface area contributed by atoms with E-state index in [1.807, 2.05) is 18.8 Å². The number of aromatic amines is 2. The Hall–Kier alpha value is -6.18. The number of alkyl halides is 2. The van der Waals surface area contributed by atoms with Crippen LogP contribution in [0.1, 0.15) is 66.0 Å². The molecule has 4 fully saturated rings. The van der Waals surface area contributed by atoms with Crippen molar-refractivity contribution >= 4 is 79.2 Å².